The fourth-order valence-electron chi connectivity index (χ4n) is 2.49. The summed E-state index contributed by atoms with van der Waals surface area (Å²) in [7, 11) is 0. The Balaban J connectivity index is 1.67. The van der Waals surface area contributed by atoms with E-state index in [1.165, 1.54) is 11.3 Å². The molecule has 5 nitrogen and oxygen atoms in total. The second-order valence-corrected chi connectivity index (χ2v) is 6.27. The Morgan fingerprint density at radius 1 is 1.17 bits per heavy atom. The van der Waals surface area contributed by atoms with Gasteiger partial charge in [-0.1, -0.05) is 18.2 Å². The maximum Gasteiger partial charge on any atom is 0.265 e. The van der Waals surface area contributed by atoms with E-state index in [0.717, 1.165) is 19.4 Å². The zero-order chi connectivity index (χ0) is 16.1. The Hall–Kier alpha value is -2.18. The van der Waals surface area contributed by atoms with Gasteiger partial charge in [-0.15, -0.1) is 11.3 Å². The van der Waals surface area contributed by atoms with E-state index in [-0.39, 0.29) is 17.9 Å². The van der Waals surface area contributed by atoms with Gasteiger partial charge in [0.1, 0.15) is 0 Å². The number of carbonyl (C=O) groups is 2. The number of amides is 2. The summed E-state index contributed by atoms with van der Waals surface area (Å²) in [6.45, 7) is 1.25. The summed E-state index contributed by atoms with van der Waals surface area (Å²) in [5.41, 5.74) is 0.964. The first-order valence-electron chi connectivity index (χ1n) is 7.58. The van der Waals surface area contributed by atoms with Crippen LogP contribution in [0.3, 0.4) is 0 Å². The van der Waals surface area contributed by atoms with Crippen molar-refractivity contribution in [1.29, 1.82) is 0 Å². The van der Waals surface area contributed by atoms with Crippen LogP contribution in [-0.4, -0.2) is 31.1 Å². The Bertz CT molecular complexity index is 679. The van der Waals surface area contributed by atoms with Gasteiger partial charge in [0.05, 0.1) is 22.2 Å². The van der Waals surface area contributed by atoms with Gasteiger partial charge < -0.3 is 15.4 Å². The van der Waals surface area contributed by atoms with Gasteiger partial charge in [0, 0.05) is 13.2 Å². The molecule has 0 unspecified atom stereocenters. The monoisotopic (exact) mass is 330 g/mol. The molecule has 1 fully saturated rings. The summed E-state index contributed by atoms with van der Waals surface area (Å²) in [5, 5.41) is 7.52. The van der Waals surface area contributed by atoms with Crippen LogP contribution >= 0.6 is 11.3 Å². The van der Waals surface area contributed by atoms with Crippen LogP contribution in [0, 0.1) is 0 Å². The number of para-hydroxylation sites is 1. The minimum atomic E-state index is -0.209. The molecule has 120 valence electrons. The molecule has 2 heterocycles. The summed E-state index contributed by atoms with van der Waals surface area (Å²) >= 11 is 1.36. The van der Waals surface area contributed by atoms with E-state index in [9.17, 15) is 9.59 Å². The van der Waals surface area contributed by atoms with Crippen molar-refractivity contribution in [3.05, 3.63) is 52.2 Å². The van der Waals surface area contributed by atoms with E-state index in [2.05, 4.69) is 10.6 Å². The molecule has 1 aliphatic heterocycles. The largest absolute Gasteiger partial charge is 0.376 e. The van der Waals surface area contributed by atoms with Crippen molar-refractivity contribution in [3.63, 3.8) is 0 Å². The lowest BCUT2D eigenvalue weighted by atomic mass is 10.1. The van der Waals surface area contributed by atoms with Gasteiger partial charge in [-0.25, -0.2) is 0 Å². The predicted octanol–water partition coefficient (Wildman–Crippen LogP) is 2.91. The number of carbonyl (C=O) groups excluding carboxylic acids is 2. The van der Waals surface area contributed by atoms with Crippen molar-refractivity contribution in [2.24, 2.45) is 0 Å². The molecule has 2 amide bonds. The molecule has 1 atom stereocenters. The highest BCUT2D eigenvalue weighted by Gasteiger charge is 2.18. The van der Waals surface area contributed by atoms with Crippen LogP contribution in [0.2, 0.25) is 0 Å². The highest BCUT2D eigenvalue weighted by molar-refractivity contribution is 7.12. The van der Waals surface area contributed by atoms with Crippen molar-refractivity contribution in [2.75, 3.05) is 18.5 Å². The number of thiophene rings is 1. The summed E-state index contributed by atoms with van der Waals surface area (Å²) in [6.07, 6.45) is 2.09. The van der Waals surface area contributed by atoms with E-state index < -0.39 is 0 Å². The van der Waals surface area contributed by atoms with Crippen molar-refractivity contribution in [3.8, 4) is 0 Å². The number of anilines is 1. The van der Waals surface area contributed by atoms with Gasteiger partial charge in [0.25, 0.3) is 11.8 Å². The first kappa shape index (κ1) is 15.7. The van der Waals surface area contributed by atoms with Gasteiger partial charge >= 0.3 is 0 Å². The lowest BCUT2D eigenvalue weighted by Gasteiger charge is -2.13. The van der Waals surface area contributed by atoms with Gasteiger partial charge in [-0.3, -0.25) is 9.59 Å². The predicted molar refractivity (Wildman–Crippen MR) is 90.0 cm³/mol. The van der Waals surface area contributed by atoms with Crippen LogP contribution in [0.4, 0.5) is 5.69 Å². The molecule has 2 aromatic rings. The second-order valence-electron chi connectivity index (χ2n) is 5.32. The number of ether oxygens (including phenoxy) is 1. The standard InChI is InChI=1S/C17H18N2O3S/c20-16(18-11-12-5-3-9-22-12)13-6-1-2-7-14(13)19-17(21)15-8-4-10-23-15/h1-2,4,6-8,10,12H,3,5,9,11H2,(H,18,20)(H,19,21)/t12-/m0/s1. The zero-order valence-electron chi connectivity index (χ0n) is 12.6. The minimum Gasteiger partial charge on any atom is -0.376 e. The number of hydrogen-bond donors (Lipinski definition) is 2. The molecule has 6 heteroatoms. The van der Waals surface area contributed by atoms with Crippen molar-refractivity contribution in [2.45, 2.75) is 18.9 Å². The first-order valence-corrected chi connectivity index (χ1v) is 8.45. The number of rotatable bonds is 5. The zero-order valence-corrected chi connectivity index (χ0v) is 13.4. The van der Waals surface area contributed by atoms with Crippen molar-refractivity contribution >= 4 is 28.8 Å². The van der Waals surface area contributed by atoms with Crippen LogP contribution in [0.1, 0.15) is 32.9 Å². The fraction of sp³-hybridized carbons (Fsp3) is 0.294. The first-order chi connectivity index (χ1) is 11.2. The number of benzene rings is 1. The molecular weight excluding hydrogens is 312 g/mol. The van der Waals surface area contributed by atoms with Gasteiger partial charge in [-0.05, 0) is 36.4 Å². The van der Waals surface area contributed by atoms with E-state index in [1.807, 2.05) is 11.4 Å². The second kappa shape index (κ2) is 7.39. The molecule has 1 aromatic carbocycles. The smallest absolute Gasteiger partial charge is 0.265 e. The molecule has 23 heavy (non-hydrogen) atoms. The lowest BCUT2D eigenvalue weighted by molar-refractivity contribution is 0.0858. The van der Waals surface area contributed by atoms with E-state index >= 15 is 0 Å². The van der Waals surface area contributed by atoms with Crippen LogP contribution in [0.25, 0.3) is 0 Å². The molecule has 0 bridgehead atoms. The highest BCUT2D eigenvalue weighted by atomic mass is 32.1. The molecule has 1 aromatic heterocycles. The van der Waals surface area contributed by atoms with Crippen molar-refractivity contribution < 1.29 is 14.3 Å². The quantitative estimate of drug-likeness (QED) is 0.886. The molecular formula is C17H18N2O3S. The van der Waals surface area contributed by atoms with Crippen LogP contribution < -0.4 is 10.6 Å². The third-order valence-electron chi connectivity index (χ3n) is 3.68. The van der Waals surface area contributed by atoms with Crippen LogP contribution in [0.5, 0.6) is 0 Å². The fourth-order valence-corrected chi connectivity index (χ4v) is 3.11. The average Bonchev–Trinajstić information content (AvgIpc) is 3.26. The molecule has 0 aliphatic carbocycles. The minimum absolute atomic E-state index is 0.0897. The number of nitrogens with one attached hydrogen (secondary N) is 2. The molecule has 0 radical (unpaired) electrons. The Labute approximate surface area is 138 Å². The van der Waals surface area contributed by atoms with Gasteiger partial charge in [-0.2, -0.15) is 0 Å². The van der Waals surface area contributed by atoms with E-state index in [0.29, 0.717) is 22.7 Å². The molecule has 3 rings (SSSR count). The summed E-state index contributed by atoms with van der Waals surface area (Å²) < 4.78 is 5.50. The molecule has 0 saturated carbocycles. The van der Waals surface area contributed by atoms with E-state index in [1.54, 1.807) is 30.3 Å². The lowest BCUT2D eigenvalue weighted by Crippen LogP contribution is -2.32. The van der Waals surface area contributed by atoms with Crippen LogP contribution in [-0.2, 0) is 4.74 Å². The topological polar surface area (TPSA) is 67.4 Å². The summed E-state index contributed by atoms with van der Waals surface area (Å²) in [5.74, 6) is -0.415. The van der Waals surface area contributed by atoms with Gasteiger partial charge in [0.2, 0.25) is 0 Å². The third-order valence-corrected chi connectivity index (χ3v) is 4.55. The Morgan fingerprint density at radius 2 is 2.04 bits per heavy atom. The Morgan fingerprint density at radius 3 is 2.78 bits per heavy atom. The average molecular weight is 330 g/mol. The third kappa shape index (κ3) is 3.97. The maximum atomic E-state index is 12.4. The maximum absolute atomic E-state index is 12.4. The summed E-state index contributed by atoms with van der Waals surface area (Å²) in [6, 6.07) is 10.6. The highest BCUT2D eigenvalue weighted by Crippen LogP contribution is 2.18. The van der Waals surface area contributed by atoms with Gasteiger partial charge in [0.15, 0.2) is 0 Å². The van der Waals surface area contributed by atoms with E-state index in [4.69, 9.17) is 4.74 Å². The molecule has 0 spiro atoms. The van der Waals surface area contributed by atoms with Crippen molar-refractivity contribution in [1.82, 2.24) is 5.32 Å². The molecule has 2 N–H and O–H groups in total. The SMILES string of the molecule is O=C(Nc1ccccc1C(=O)NC[C@@H]1CCCO1)c1cccs1. The number of hydrogen-bond acceptors (Lipinski definition) is 4. The molecule has 1 aliphatic rings. The summed E-state index contributed by atoms with van der Waals surface area (Å²) in [4.78, 5) is 25.2. The van der Waals surface area contributed by atoms with Crippen LogP contribution in [0.15, 0.2) is 41.8 Å². The molecule has 1 saturated heterocycles. The Kier molecular flexibility index (Phi) is 5.05. The normalized spacial score (nSPS) is 17.0.